The summed E-state index contributed by atoms with van der Waals surface area (Å²) in [6, 6.07) is 13.5. The summed E-state index contributed by atoms with van der Waals surface area (Å²) in [6.45, 7) is 0.498. The molecule has 0 spiro atoms. The molecule has 0 saturated heterocycles. The van der Waals surface area contributed by atoms with Crippen molar-refractivity contribution in [3.05, 3.63) is 76.2 Å². The molecule has 0 fully saturated rings. The van der Waals surface area contributed by atoms with Crippen LogP contribution in [0.1, 0.15) is 11.3 Å². The fraction of sp³-hybridized carbons (Fsp3) is 0.0625. The van der Waals surface area contributed by atoms with Gasteiger partial charge in [0.2, 0.25) is 0 Å². The van der Waals surface area contributed by atoms with Gasteiger partial charge in [-0.3, -0.25) is 19.8 Å². The highest BCUT2D eigenvalue weighted by atomic mass is 16.6. The van der Waals surface area contributed by atoms with Gasteiger partial charge in [0.1, 0.15) is 5.69 Å². The molecule has 24 heavy (non-hydrogen) atoms. The number of rotatable bonds is 5. The largest absolute Gasteiger partial charge is 0.333 e. The highest BCUT2D eigenvalue weighted by Gasteiger charge is 2.15. The minimum Gasteiger partial charge on any atom is -0.333 e. The van der Waals surface area contributed by atoms with Crippen LogP contribution in [-0.4, -0.2) is 19.7 Å². The van der Waals surface area contributed by atoms with E-state index in [0.29, 0.717) is 12.4 Å². The number of nitriles is 1. The first-order valence-corrected chi connectivity index (χ1v) is 7.04. The first-order valence-electron chi connectivity index (χ1n) is 7.04. The van der Waals surface area contributed by atoms with Crippen LogP contribution in [-0.2, 0) is 6.54 Å². The average molecular weight is 320 g/mol. The first kappa shape index (κ1) is 15.2. The van der Waals surface area contributed by atoms with E-state index in [9.17, 15) is 10.1 Å². The van der Waals surface area contributed by atoms with E-state index in [2.05, 4.69) is 15.4 Å². The smallest absolute Gasteiger partial charge is 0.294 e. The molecule has 2 aromatic heterocycles. The van der Waals surface area contributed by atoms with E-state index in [-0.39, 0.29) is 16.9 Å². The van der Waals surface area contributed by atoms with Crippen molar-refractivity contribution in [2.24, 2.45) is 0 Å². The summed E-state index contributed by atoms with van der Waals surface area (Å²) in [4.78, 5) is 14.8. The number of hydrogen-bond donors (Lipinski definition) is 1. The van der Waals surface area contributed by atoms with E-state index >= 15 is 0 Å². The topological polar surface area (TPSA) is 110 Å². The standard InChI is InChI=1S/C16H12N6O2/c17-10-12-4-5-14(15(9-12)22(23)24)19-16-6-8-21(20-16)11-13-3-1-2-7-18-13/h1-9H,11H2,(H,19,20). The zero-order valence-electron chi connectivity index (χ0n) is 12.5. The number of nitrogens with zero attached hydrogens (tertiary/aromatic N) is 5. The molecule has 3 aromatic rings. The second kappa shape index (κ2) is 6.58. The Hall–Kier alpha value is -3.73. The minimum atomic E-state index is -0.534. The van der Waals surface area contributed by atoms with Gasteiger partial charge in [-0.05, 0) is 24.3 Å². The molecule has 3 rings (SSSR count). The molecule has 1 N–H and O–H groups in total. The summed E-state index contributed by atoms with van der Waals surface area (Å²) in [5.41, 5.74) is 1.19. The molecular formula is C16H12N6O2. The summed E-state index contributed by atoms with van der Waals surface area (Å²) in [5.74, 6) is 0.471. The van der Waals surface area contributed by atoms with Gasteiger partial charge >= 0.3 is 0 Å². The molecule has 2 heterocycles. The van der Waals surface area contributed by atoms with E-state index in [4.69, 9.17) is 5.26 Å². The Kier molecular flexibility index (Phi) is 4.16. The molecule has 0 aliphatic heterocycles. The lowest BCUT2D eigenvalue weighted by atomic mass is 10.2. The van der Waals surface area contributed by atoms with Gasteiger partial charge in [0, 0.05) is 24.5 Å². The lowest BCUT2D eigenvalue weighted by Gasteiger charge is -2.05. The lowest BCUT2D eigenvalue weighted by Crippen LogP contribution is -2.03. The molecule has 8 heteroatoms. The summed E-state index contributed by atoms with van der Waals surface area (Å²) < 4.78 is 1.68. The number of aromatic nitrogens is 3. The number of nitro benzene ring substituents is 1. The highest BCUT2D eigenvalue weighted by molar-refractivity contribution is 5.69. The molecule has 0 unspecified atom stereocenters. The maximum absolute atomic E-state index is 11.1. The van der Waals surface area contributed by atoms with Crippen molar-refractivity contribution < 1.29 is 4.92 Å². The van der Waals surface area contributed by atoms with Crippen molar-refractivity contribution in [3.63, 3.8) is 0 Å². The zero-order chi connectivity index (χ0) is 16.9. The monoisotopic (exact) mass is 320 g/mol. The van der Waals surface area contributed by atoms with Gasteiger partial charge in [0.25, 0.3) is 5.69 Å². The van der Waals surface area contributed by atoms with E-state index < -0.39 is 4.92 Å². The van der Waals surface area contributed by atoms with E-state index in [1.807, 2.05) is 24.3 Å². The average Bonchev–Trinajstić information content (AvgIpc) is 3.03. The SMILES string of the molecule is N#Cc1ccc(Nc2ccn(Cc3ccccn3)n2)c([N+](=O)[O-])c1. The summed E-state index contributed by atoms with van der Waals surface area (Å²) in [5, 5.41) is 27.2. The number of hydrogen-bond acceptors (Lipinski definition) is 6. The van der Waals surface area contributed by atoms with Crippen molar-refractivity contribution in [2.45, 2.75) is 6.54 Å². The van der Waals surface area contributed by atoms with Crippen molar-refractivity contribution in [1.82, 2.24) is 14.8 Å². The number of nitro groups is 1. The molecule has 0 amide bonds. The lowest BCUT2D eigenvalue weighted by molar-refractivity contribution is -0.383. The maximum Gasteiger partial charge on any atom is 0.294 e. The van der Waals surface area contributed by atoms with E-state index in [0.717, 1.165) is 5.69 Å². The van der Waals surface area contributed by atoms with Gasteiger partial charge < -0.3 is 5.32 Å². The van der Waals surface area contributed by atoms with Crippen LogP contribution in [0, 0.1) is 21.4 Å². The van der Waals surface area contributed by atoms with E-state index in [1.54, 1.807) is 23.1 Å². The molecule has 8 nitrogen and oxygen atoms in total. The van der Waals surface area contributed by atoms with Crippen LogP contribution in [0.2, 0.25) is 0 Å². The molecule has 0 bridgehead atoms. The molecular weight excluding hydrogens is 308 g/mol. The Morgan fingerprint density at radius 2 is 2.17 bits per heavy atom. The van der Waals surface area contributed by atoms with Crippen molar-refractivity contribution in [3.8, 4) is 6.07 Å². The fourth-order valence-corrected chi connectivity index (χ4v) is 2.17. The summed E-state index contributed by atoms with van der Waals surface area (Å²) >= 11 is 0. The highest BCUT2D eigenvalue weighted by Crippen LogP contribution is 2.27. The fourth-order valence-electron chi connectivity index (χ4n) is 2.17. The number of nitrogens with one attached hydrogen (secondary N) is 1. The predicted molar refractivity (Wildman–Crippen MR) is 86.7 cm³/mol. The van der Waals surface area contributed by atoms with Crippen LogP contribution in [0.3, 0.4) is 0 Å². The number of pyridine rings is 1. The Morgan fingerprint density at radius 3 is 2.88 bits per heavy atom. The van der Waals surface area contributed by atoms with Crippen LogP contribution in [0.4, 0.5) is 17.2 Å². The van der Waals surface area contributed by atoms with Crippen molar-refractivity contribution in [2.75, 3.05) is 5.32 Å². The Balaban J connectivity index is 1.80. The number of benzene rings is 1. The molecule has 0 aliphatic rings. The third-order valence-corrected chi connectivity index (χ3v) is 3.28. The van der Waals surface area contributed by atoms with E-state index in [1.165, 1.54) is 18.2 Å². The quantitative estimate of drug-likeness (QED) is 0.572. The van der Waals surface area contributed by atoms with Gasteiger partial charge in [-0.2, -0.15) is 10.4 Å². The second-order valence-electron chi connectivity index (χ2n) is 4.95. The molecule has 0 saturated carbocycles. The zero-order valence-corrected chi connectivity index (χ0v) is 12.5. The van der Waals surface area contributed by atoms with Gasteiger partial charge in [0.15, 0.2) is 5.82 Å². The summed E-state index contributed by atoms with van der Waals surface area (Å²) in [6.07, 6.45) is 3.46. The van der Waals surface area contributed by atoms with Crippen LogP contribution < -0.4 is 5.32 Å². The van der Waals surface area contributed by atoms with Crippen LogP contribution >= 0.6 is 0 Å². The minimum absolute atomic E-state index is 0.173. The summed E-state index contributed by atoms with van der Waals surface area (Å²) in [7, 11) is 0. The van der Waals surface area contributed by atoms with Crippen LogP contribution in [0.5, 0.6) is 0 Å². The van der Waals surface area contributed by atoms with Gasteiger partial charge in [-0.15, -0.1) is 0 Å². The second-order valence-corrected chi connectivity index (χ2v) is 4.95. The van der Waals surface area contributed by atoms with Crippen LogP contribution in [0.25, 0.3) is 0 Å². The molecule has 0 radical (unpaired) electrons. The molecule has 1 aromatic carbocycles. The molecule has 118 valence electrons. The first-order chi connectivity index (χ1) is 11.7. The predicted octanol–water partition coefficient (Wildman–Crippen LogP) is 2.85. The van der Waals surface area contributed by atoms with Gasteiger partial charge in [-0.1, -0.05) is 6.07 Å². The third-order valence-electron chi connectivity index (χ3n) is 3.28. The molecule has 0 aliphatic carbocycles. The Morgan fingerprint density at radius 1 is 1.29 bits per heavy atom. The number of anilines is 2. The van der Waals surface area contributed by atoms with Gasteiger partial charge in [0.05, 0.1) is 28.8 Å². The van der Waals surface area contributed by atoms with Gasteiger partial charge in [-0.25, -0.2) is 0 Å². The normalized spacial score (nSPS) is 10.1. The van der Waals surface area contributed by atoms with Crippen molar-refractivity contribution >= 4 is 17.2 Å². The molecule has 0 atom stereocenters. The third kappa shape index (κ3) is 3.36. The maximum atomic E-state index is 11.1. The van der Waals surface area contributed by atoms with Crippen LogP contribution in [0.15, 0.2) is 54.9 Å². The Labute approximate surface area is 137 Å². The van der Waals surface area contributed by atoms with Crippen molar-refractivity contribution in [1.29, 1.82) is 5.26 Å². The Bertz CT molecular complexity index is 914.